The zero-order chi connectivity index (χ0) is 29.9. The molecule has 0 aliphatic carbocycles. The van der Waals surface area contributed by atoms with Gasteiger partial charge in [0.05, 0.1) is 28.1 Å². The van der Waals surface area contributed by atoms with E-state index in [2.05, 4.69) is 16.0 Å². The van der Waals surface area contributed by atoms with Gasteiger partial charge in [0, 0.05) is 21.7 Å². The largest absolute Gasteiger partial charge is 0.493 e. The normalized spacial score (nSPS) is 11.0. The molecule has 4 rings (SSSR count). The molecule has 0 saturated heterocycles. The maximum absolute atomic E-state index is 13.5. The maximum atomic E-state index is 13.5. The summed E-state index contributed by atoms with van der Waals surface area (Å²) in [6, 6.07) is 27.9. The van der Waals surface area contributed by atoms with Gasteiger partial charge in [-0.05, 0) is 61.5 Å². The molecule has 0 saturated carbocycles. The van der Waals surface area contributed by atoms with E-state index in [-0.39, 0.29) is 22.4 Å². The molecule has 0 bridgehead atoms. The van der Waals surface area contributed by atoms with Crippen molar-refractivity contribution in [3.63, 3.8) is 0 Å². The van der Waals surface area contributed by atoms with Gasteiger partial charge in [-0.2, -0.15) is 0 Å². The summed E-state index contributed by atoms with van der Waals surface area (Å²) < 4.78 is 5.70. The molecule has 0 unspecified atom stereocenters. The lowest BCUT2D eigenvalue weighted by Crippen LogP contribution is -2.30. The van der Waals surface area contributed by atoms with Gasteiger partial charge in [0.15, 0.2) is 0 Å². The standard InChI is InChI=1S/C32H27Cl2N3O4S/c1-2-41-28-17-7-6-12-22(28)18-27(37-31(39)21-10-4-3-5-11-21)32(40)35-23-13-8-14-24(19-23)42-20-29(38)36-26-16-9-15-25(33)30(26)34/h3-19H,2,20H2,1H3,(H,35,40)(H,36,38)(H,37,39)/b27-18+. The summed E-state index contributed by atoms with van der Waals surface area (Å²) in [5.41, 5.74) is 1.99. The van der Waals surface area contributed by atoms with Crippen LogP contribution in [0.3, 0.4) is 0 Å². The molecule has 0 heterocycles. The van der Waals surface area contributed by atoms with Crippen molar-refractivity contribution in [2.45, 2.75) is 11.8 Å². The van der Waals surface area contributed by atoms with Crippen LogP contribution in [0.25, 0.3) is 6.08 Å². The summed E-state index contributed by atoms with van der Waals surface area (Å²) in [4.78, 5) is 39.7. The lowest BCUT2D eigenvalue weighted by atomic mass is 10.1. The van der Waals surface area contributed by atoms with Crippen LogP contribution in [0.4, 0.5) is 11.4 Å². The Morgan fingerprint density at radius 2 is 1.60 bits per heavy atom. The second-order valence-corrected chi connectivity index (χ2v) is 10.6. The molecule has 0 aromatic heterocycles. The van der Waals surface area contributed by atoms with Crippen LogP contribution in [0.1, 0.15) is 22.8 Å². The maximum Gasteiger partial charge on any atom is 0.272 e. The average Bonchev–Trinajstić information content (AvgIpc) is 2.99. The van der Waals surface area contributed by atoms with E-state index in [1.807, 2.05) is 25.1 Å². The molecule has 0 aliphatic rings. The quantitative estimate of drug-likeness (QED) is 0.119. The highest BCUT2D eigenvalue weighted by Gasteiger charge is 2.17. The van der Waals surface area contributed by atoms with Gasteiger partial charge >= 0.3 is 0 Å². The number of amides is 3. The van der Waals surface area contributed by atoms with Gasteiger partial charge in [-0.25, -0.2) is 0 Å². The number of thioether (sulfide) groups is 1. The van der Waals surface area contributed by atoms with Crippen LogP contribution in [0.2, 0.25) is 10.0 Å². The van der Waals surface area contributed by atoms with Gasteiger partial charge in [-0.3, -0.25) is 14.4 Å². The topological polar surface area (TPSA) is 96.5 Å². The Morgan fingerprint density at radius 3 is 2.38 bits per heavy atom. The fraction of sp³-hybridized carbons (Fsp3) is 0.0938. The van der Waals surface area contributed by atoms with E-state index in [1.54, 1.807) is 84.9 Å². The Bertz CT molecular complexity index is 1610. The summed E-state index contributed by atoms with van der Waals surface area (Å²) >= 11 is 13.5. The molecule has 10 heteroatoms. The van der Waals surface area contributed by atoms with Crippen LogP contribution < -0.4 is 20.7 Å². The van der Waals surface area contributed by atoms with Crippen molar-refractivity contribution in [3.8, 4) is 5.75 Å². The molecule has 7 nitrogen and oxygen atoms in total. The molecule has 214 valence electrons. The van der Waals surface area contributed by atoms with Crippen LogP contribution in [-0.2, 0) is 9.59 Å². The second kappa shape index (κ2) is 15.1. The molecular weight excluding hydrogens is 593 g/mol. The summed E-state index contributed by atoms with van der Waals surface area (Å²) in [5, 5.41) is 8.94. The summed E-state index contributed by atoms with van der Waals surface area (Å²) in [6.45, 7) is 2.31. The van der Waals surface area contributed by atoms with Crippen LogP contribution in [-0.4, -0.2) is 30.1 Å². The average molecular weight is 621 g/mol. The van der Waals surface area contributed by atoms with E-state index in [0.29, 0.717) is 39.9 Å². The Labute approximate surface area is 258 Å². The van der Waals surface area contributed by atoms with Gasteiger partial charge in [-0.15, -0.1) is 11.8 Å². The van der Waals surface area contributed by atoms with Crippen LogP contribution in [0.15, 0.2) is 108 Å². The molecule has 0 radical (unpaired) electrons. The first kappa shape index (κ1) is 30.7. The molecule has 4 aromatic rings. The van der Waals surface area contributed by atoms with Crippen LogP contribution >= 0.6 is 35.0 Å². The van der Waals surface area contributed by atoms with Crippen molar-refractivity contribution >= 4 is 70.1 Å². The van der Waals surface area contributed by atoms with Crippen molar-refractivity contribution in [1.82, 2.24) is 5.32 Å². The van der Waals surface area contributed by atoms with Gasteiger partial charge in [0.25, 0.3) is 11.8 Å². The minimum Gasteiger partial charge on any atom is -0.493 e. The first-order chi connectivity index (χ1) is 20.3. The van der Waals surface area contributed by atoms with E-state index in [4.69, 9.17) is 27.9 Å². The second-order valence-electron chi connectivity index (χ2n) is 8.77. The summed E-state index contributed by atoms with van der Waals surface area (Å²) in [7, 11) is 0. The number of carbonyl (C=O) groups excluding carboxylic acids is 3. The lowest BCUT2D eigenvalue weighted by Gasteiger charge is -2.13. The number of para-hydroxylation sites is 1. The molecular formula is C32H27Cl2N3O4S. The molecule has 0 spiro atoms. The molecule has 0 fully saturated rings. The highest BCUT2D eigenvalue weighted by atomic mass is 35.5. The predicted octanol–water partition coefficient (Wildman–Crippen LogP) is 7.53. The summed E-state index contributed by atoms with van der Waals surface area (Å²) in [6.07, 6.45) is 1.57. The van der Waals surface area contributed by atoms with Crippen LogP contribution in [0.5, 0.6) is 5.75 Å². The van der Waals surface area contributed by atoms with Crippen molar-refractivity contribution in [2.75, 3.05) is 23.0 Å². The van der Waals surface area contributed by atoms with Gasteiger partial charge in [-0.1, -0.05) is 71.7 Å². The predicted molar refractivity (Wildman–Crippen MR) is 170 cm³/mol. The molecule has 0 atom stereocenters. The molecule has 0 aliphatic heterocycles. The third-order valence-electron chi connectivity index (χ3n) is 5.74. The Morgan fingerprint density at radius 1 is 0.857 bits per heavy atom. The fourth-order valence-electron chi connectivity index (χ4n) is 3.78. The number of hydrogen-bond acceptors (Lipinski definition) is 5. The van der Waals surface area contributed by atoms with Gasteiger partial charge in [0.2, 0.25) is 5.91 Å². The molecule has 42 heavy (non-hydrogen) atoms. The number of rotatable bonds is 11. The van der Waals surface area contributed by atoms with E-state index in [9.17, 15) is 14.4 Å². The zero-order valence-electron chi connectivity index (χ0n) is 22.5. The fourth-order valence-corrected chi connectivity index (χ4v) is 4.89. The zero-order valence-corrected chi connectivity index (χ0v) is 24.9. The van der Waals surface area contributed by atoms with E-state index in [1.165, 1.54) is 11.8 Å². The Balaban J connectivity index is 1.49. The number of hydrogen-bond donors (Lipinski definition) is 3. The van der Waals surface area contributed by atoms with Gasteiger partial charge in [0.1, 0.15) is 11.4 Å². The monoisotopic (exact) mass is 619 g/mol. The van der Waals surface area contributed by atoms with E-state index >= 15 is 0 Å². The van der Waals surface area contributed by atoms with E-state index in [0.717, 1.165) is 4.90 Å². The minimum atomic E-state index is -0.527. The number of benzene rings is 4. The number of nitrogens with one attached hydrogen (secondary N) is 3. The SMILES string of the molecule is CCOc1ccccc1/C=C(/NC(=O)c1ccccc1)C(=O)Nc1cccc(SCC(=O)Nc2cccc(Cl)c2Cl)c1. The third kappa shape index (κ3) is 8.63. The molecule has 3 amide bonds. The van der Waals surface area contributed by atoms with Gasteiger partial charge < -0.3 is 20.7 Å². The minimum absolute atomic E-state index is 0.0341. The van der Waals surface area contributed by atoms with Crippen molar-refractivity contribution in [1.29, 1.82) is 0 Å². The highest BCUT2D eigenvalue weighted by Crippen LogP contribution is 2.30. The first-order valence-corrected chi connectivity index (χ1v) is 14.7. The first-order valence-electron chi connectivity index (χ1n) is 12.9. The number of anilines is 2. The smallest absolute Gasteiger partial charge is 0.272 e. The molecule has 4 aromatic carbocycles. The van der Waals surface area contributed by atoms with Crippen LogP contribution in [0, 0.1) is 0 Å². The highest BCUT2D eigenvalue weighted by molar-refractivity contribution is 8.00. The number of halogens is 2. The van der Waals surface area contributed by atoms with Crippen molar-refractivity contribution < 1.29 is 19.1 Å². The van der Waals surface area contributed by atoms with Crippen molar-refractivity contribution in [2.24, 2.45) is 0 Å². The lowest BCUT2D eigenvalue weighted by molar-refractivity contribution is -0.114. The Kier molecular flexibility index (Phi) is 11.1. The Hall–Kier alpha value is -4.24. The number of ether oxygens (including phenoxy) is 1. The summed E-state index contributed by atoms with van der Waals surface area (Å²) in [5.74, 6) is -0.537. The van der Waals surface area contributed by atoms with E-state index < -0.39 is 11.8 Å². The number of carbonyl (C=O) groups is 3. The van der Waals surface area contributed by atoms with Crippen molar-refractivity contribution in [3.05, 3.63) is 124 Å². The third-order valence-corrected chi connectivity index (χ3v) is 7.55. The molecule has 3 N–H and O–H groups in total.